The van der Waals surface area contributed by atoms with Crippen LogP contribution in [0.5, 0.6) is 0 Å². The van der Waals surface area contributed by atoms with E-state index in [-0.39, 0.29) is 17.7 Å². The van der Waals surface area contributed by atoms with E-state index < -0.39 is 0 Å². The van der Waals surface area contributed by atoms with E-state index in [9.17, 15) is 14.4 Å². The molecule has 7 heteroatoms. The van der Waals surface area contributed by atoms with Gasteiger partial charge in [-0.15, -0.1) is 0 Å². The number of imide groups is 1. The minimum atomic E-state index is -0.347. The van der Waals surface area contributed by atoms with Gasteiger partial charge in [-0.3, -0.25) is 24.0 Å². The fraction of sp³-hybridized carbons (Fsp3) is 0.429. The van der Waals surface area contributed by atoms with Crippen molar-refractivity contribution >= 4 is 23.4 Å². The van der Waals surface area contributed by atoms with Crippen molar-refractivity contribution < 1.29 is 14.4 Å². The number of hydrogen-bond donors (Lipinski definition) is 1. The van der Waals surface area contributed by atoms with Crippen molar-refractivity contribution in [1.82, 2.24) is 14.7 Å². The Morgan fingerprint density at radius 3 is 2.50 bits per heavy atom. The van der Waals surface area contributed by atoms with Crippen molar-refractivity contribution in [2.45, 2.75) is 47.1 Å². The molecule has 0 bridgehead atoms. The zero-order valence-electron chi connectivity index (χ0n) is 17.0. The van der Waals surface area contributed by atoms with E-state index in [1.807, 2.05) is 18.5 Å². The fourth-order valence-electron chi connectivity index (χ4n) is 3.52. The Morgan fingerprint density at radius 2 is 1.82 bits per heavy atom. The van der Waals surface area contributed by atoms with Crippen LogP contribution in [-0.4, -0.2) is 39.4 Å². The summed E-state index contributed by atoms with van der Waals surface area (Å²) >= 11 is 0. The summed E-state index contributed by atoms with van der Waals surface area (Å²) in [6.07, 6.45) is 0.922. The Bertz CT molecular complexity index is 959. The highest BCUT2D eigenvalue weighted by Gasteiger charge is 2.32. The quantitative estimate of drug-likeness (QED) is 0.779. The van der Waals surface area contributed by atoms with Crippen LogP contribution in [0.2, 0.25) is 0 Å². The first-order valence-corrected chi connectivity index (χ1v) is 9.48. The highest BCUT2D eigenvalue weighted by molar-refractivity contribution is 6.21. The Hall–Kier alpha value is -2.96. The molecule has 1 aliphatic heterocycles. The van der Waals surface area contributed by atoms with Gasteiger partial charge in [0, 0.05) is 31.4 Å². The minimum absolute atomic E-state index is 0.138. The number of rotatable bonds is 6. The monoisotopic (exact) mass is 382 g/mol. The van der Waals surface area contributed by atoms with Crippen LogP contribution in [0.4, 0.5) is 5.69 Å². The summed E-state index contributed by atoms with van der Waals surface area (Å²) in [5, 5.41) is 7.41. The second-order valence-electron chi connectivity index (χ2n) is 7.70. The number of nitrogens with one attached hydrogen (secondary N) is 1. The SMILES string of the molecule is Cc1nn(CC(C)C)c(C)c1CCC(=O)Nc1ccc2c(c1)C(=O)N(C)C2=O. The summed E-state index contributed by atoms with van der Waals surface area (Å²) in [6.45, 7) is 9.16. The van der Waals surface area contributed by atoms with Gasteiger partial charge in [0.25, 0.3) is 11.8 Å². The molecule has 1 aromatic heterocycles. The molecule has 0 fully saturated rings. The van der Waals surface area contributed by atoms with Gasteiger partial charge in [-0.1, -0.05) is 13.8 Å². The molecule has 0 saturated heterocycles. The predicted molar refractivity (Wildman–Crippen MR) is 106 cm³/mol. The maximum atomic E-state index is 12.4. The van der Waals surface area contributed by atoms with Gasteiger partial charge in [0.15, 0.2) is 0 Å². The lowest BCUT2D eigenvalue weighted by Crippen LogP contribution is -2.24. The van der Waals surface area contributed by atoms with Crippen LogP contribution in [-0.2, 0) is 17.8 Å². The molecule has 2 aromatic rings. The highest BCUT2D eigenvalue weighted by Crippen LogP contribution is 2.25. The molecule has 3 rings (SSSR count). The van der Waals surface area contributed by atoms with Gasteiger partial charge in [0.1, 0.15) is 0 Å². The minimum Gasteiger partial charge on any atom is -0.326 e. The highest BCUT2D eigenvalue weighted by atomic mass is 16.2. The standard InChI is InChI=1S/C21H26N4O3/c1-12(2)11-25-14(4)16(13(3)23-25)8-9-19(26)22-15-6-7-17-18(10-15)21(28)24(5)20(17)27/h6-7,10,12H,8-9,11H2,1-5H3,(H,22,26). The molecule has 148 valence electrons. The van der Waals surface area contributed by atoms with E-state index in [0.717, 1.165) is 28.4 Å². The number of hydrogen-bond acceptors (Lipinski definition) is 4. The first-order chi connectivity index (χ1) is 13.2. The average molecular weight is 382 g/mol. The van der Waals surface area contributed by atoms with Crippen molar-refractivity contribution in [3.8, 4) is 0 Å². The van der Waals surface area contributed by atoms with Crippen molar-refractivity contribution in [2.24, 2.45) is 5.92 Å². The Kier molecular flexibility index (Phi) is 5.36. The van der Waals surface area contributed by atoms with Crippen LogP contribution >= 0.6 is 0 Å². The van der Waals surface area contributed by atoms with Crippen LogP contribution in [0.1, 0.15) is 57.9 Å². The predicted octanol–water partition coefficient (Wildman–Crippen LogP) is 2.95. The normalized spacial score (nSPS) is 13.4. The molecule has 0 atom stereocenters. The number of nitrogens with zero attached hydrogens (tertiary/aromatic N) is 3. The van der Waals surface area contributed by atoms with Crippen LogP contribution in [0, 0.1) is 19.8 Å². The molecule has 28 heavy (non-hydrogen) atoms. The van der Waals surface area contributed by atoms with E-state index >= 15 is 0 Å². The second kappa shape index (κ2) is 7.58. The molecule has 0 radical (unpaired) electrons. The van der Waals surface area contributed by atoms with Crippen LogP contribution < -0.4 is 5.32 Å². The van der Waals surface area contributed by atoms with E-state index in [1.54, 1.807) is 18.2 Å². The number of carbonyl (C=O) groups is 3. The third-order valence-corrected chi connectivity index (χ3v) is 5.04. The van der Waals surface area contributed by atoms with Gasteiger partial charge in [0.2, 0.25) is 5.91 Å². The zero-order chi connectivity index (χ0) is 20.6. The molecule has 1 aromatic carbocycles. The van der Waals surface area contributed by atoms with Crippen LogP contribution in [0.25, 0.3) is 0 Å². The summed E-state index contributed by atoms with van der Waals surface area (Å²) in [4.78, 5) is 37.5. The molecule has 0 saturated carbocycles. The lowest BCUT2D eigenvalue weighted by Gasteiger charge is -2.09. The smallest absolute Gasteiger partial charge is 0.261 e. The number of anilines is 1. The summed E-state index contributed by atoms with van der Waals surface area (Å²) in [7, 11) is 1.45. The van der Waals surface area contributed by atoms with Crippen molar-refractivity contribution in [1.29, 1.82) is 0 Å². The number of fused-ring (bicyclic) bond motifs is 1. The lowest BCUT2D eigenvalue weighted by molar-refractivity contribution is -0.116. The van der Waals surface area contributed by atoms with Gasteiger partial charge >= 0.3 is 0 Å². The summed E-state index contributed by atoms with van der Waals surface area (Å²) in [6, 6.07) is 4.80. The topological polar surface area (TPSA) is 84.3 Å². The maximum absolute atomic E-state index is 12.4. The molecule has 7 nitrogen and oxygen atoms in total. The second-order valence-corrected chi connectivity index (χ2v) is 7.70. The first kappa shape index (κ1) is 19.8. The van der Waals surface area contributed by atoms with Crippen molar-refractivity contribution in [2.75, 3.05) is 12.4 Å². The average Bonchev–Trinajstić information content (AvgIpc) is 3.01. The first-order valence-electron chi connectivity index (χ1n) is 9.48. The molecular formula is C21H26N4O3. The summed E-state index contributed by atoms with van der Waals surface area (Å²) in [5.41, 5.74) is 4.37. The number of aromatic nitrogens is 2. The third kappa shape index (κ3) is 3.69. The largest absolute Gasteiger partial charge is 0.326 e. The lowest BCUT2D eigenvalue weighted by atomic mass is 10.1. The zero-order valence-corrected chi connectivity index (χ0v) is 17.0. The molecular weight excluding hydrogens is 356 g/mol. The molecule has 0 aliphatic carbocycles. The fourth-order valence-corrected chi connectivity index (χ4v) is 3.52. The van der Waals surface area contributed by atoms with Crippen molar-refractivity contribution in [3.05, 3.63) is 46.3 Å². The summed E-state index contributed by atoms with van der Waals surface area (Å²) < 4.78 is 2.01. The van der Waals surface area contributed by atoms with Gasteiger partial charge in [0.05, 0.1) is 16.8 Å². The molecule has 1 N–H and O–H groups in total. The van der Waals surface area contributed by atoms with Gasteiger partial charge < -0.3 is 5.32 Å². The number of aryl methyl sites for hydroxylation is 1. The number of carbonyl (C=O) groups excluding carboxylic acids is 3. The van der Waals surface area contributed by atoms with E-state index in [4.69, 9.17) is 0 Å². The molecule has 1 aliphatic rings. The molecule has 0 spiro atoms. The third-order valence-electron chi connectivity index (χ3n) is 5.04. The maximum Gasteiger partial charge on any atom is 0.261 e. The van der Waals surface area contributed by atoms with Crippen LogP contribution in [0.15, 0.2) is 18.2 Å². The van der Waals surface area contributed by atoms with Gasteiger partial charge in [-0.25, -0.2) is 0 Å². The van der Waals surface area contributed by atoms with Gasteiger partial charge in [-0.05, 0) is 49.9 Å². The number of amides is 3. The molecule has 0 unspecified atom stereocenters. The van der Waals surface area contributed by atoms with Crippen LogP contribution in [0.3, 0.4) is 0 Å². The Morgan fingerprint density at radius 1 is 1.14 bits per heavy atom. The Balaban J connectivity index is 1.66. The molecule has 3 amide bonds. The molecule has 2 heterocycles. The van der Waals surface area contributed by atoms with E-state index in [2.05, 4.69) is 24.3 Å². The van der Waals surface area contributed by atoms with Crippen molar-refractivity contribution in [3.63, 3.8) is 0 Å². The van der Waals surface area contributed by atoms with E-state index in [1.165, 1.54) is 7.05 Å². The number of benzene rings is 1. The van der Waals surface area contributed by atoms with Gasteiger partial charge in [-0.2, -0.15) is 5.10 Å². The summed E-state index contributed by atoms with van der Waals surface area (Å²) in [5.74, 6) is -0.301. The Labute approximate surface area is 164 Å². The van der Waals surface area contributed by atoms with E-state index in [0.29, 0.717) is 35.6 Å².